The Morgan fingerprint density at radius 3 is 2.00 bits per heavy atom. The topological polar surface area (TPSA) is 101 Å². The number of benzene rings is 3. The molecule has 1 aliphatic heterocycles. The summed E-state index contributed by atoms with van der Waals surface area (Å²) in [6, 6.07) is 24.5. The maximum atomic E-state index is 13.5. The highest BCUT2D eigenvalue weighted by Gasteiger charge is 2.29. The van der Waals surface area contributed by atoms with Gasteiger partial charge in [-0.25, -0.2) is 13.2 Å². The fourth-order valence-corrected chi connectivity index (χ4v) is 5.11. The summed E-state index contributed by atoms with van der Waals surface area (Å²) < 4.78 is 23.7. The summed E-state index contributed by atoms with van der Waals surface area (Å²) in [6.45, 7) is 0.562. The summed E-state index contributed by atoms with van der Waals surface area (Å²) in [7, 11) is -3.10. The lowest BCUT2D eigenvalue weighted by molar-refractivity contribution is 0.100. The lowest BCUT2D eigenvalue weighted by Gasteiger charge is -2.33. The molecule has 0 aromatic heterocycles. The van der Waals surface area contributed by atoms with Gasteiger partial charge in [0.2, 0.25) is 0 Å². The van der Waals surface area contributed by atoms with E-state index in [4.69, 9.17) is 5.73 Å². The van der Waals surface area contributed by atoms with Gasteiger partial charge in [0.25, 0.3) is 0 Å². The third-order valence-electron chi connectivity index (χ3n) is 5.93. The number of rotatable bonds is 6. The van der Waals surface area contributed by atoms with Crippen LogP contribution < -0.4 is 10.6 Å². The van der Waals surface area contributed by atoms with E-state index in [-0.39, 0.29) is 49.5 Å². The van der Waals surface area contributed by atoms with E-state index < -0.39 is 9.84 Å². The summed E-state index contributed by atoms with van der Waals surface area (Å²) >= 11 is 0. The zero-order valence-corrected chi connectivity index (χ0v) is 19.6. The minimum atomic E-state index is -3.10. The predicted octanol–water partition coefficient (Wildman–Crippen LogP) is 3.35. The summed E-state index contributed by atoms with van der Waals surface area (Å²) in [6.07, 6.45) is 0. The molecule has 176 valence electrons. The highest BCUT2D eigenvalue weighted by atomic mass is 32.2. The lowest BCUT2D eigenvalue weighted by Crippen LogP contribution is -2.49. The molecule has 1 heterocycles. The molecule has 34 heavy (non-hydrogen) atoms. The largest absolute Gasteiger partial charge is 0.324 e. The maximum absolute atomic E-state index is 13.5. The van der Waals surface area contributed by atoms with Gasteiger partial charge in [0.05, 0.1) is 24.6 Å². The predicted molar refractivity (Wildman–Crippen MR) is 134 cm³/mol. The van der Waals surface area contributed by atoms with E-state index in [0.717, 1.165) is 16.7 Å². The van der Waals surface area contributed by atoms with Crippen molar-refractivity contribution in [2.24, 2.45) is 5.73 Å². The van der Waals surface area contributed by atoms with Crippen molar-refractivity contribution in [3.05, 3.63) is 90.0 Å². The fourth-order valence-electron chi connectivity index (χ4n) is 3.90. The monoisotopic (exact) mass is 477 g/mol. The molecule has 1 saturated heterocycles. The molecule has 1 fully saturated rings. The number of amides is 2. The van der Waals surface area contributed by atoms with Crippen molar-refractivity contribution in [3.8, 4) is 11.1 Å². The summed E-state index contributed by atoms with van der Waals surface area (Å²) in [5.41, 5.74) is 9.63. The van der Waals surface area contributed by atoms with Crippen molar-refractivity contribution < 1.29 is 18.0 Å². The Kier molecular flexibility index (Phi) is 7.09. The normalized spacial score (nSPS) is 15.0. The van der Waals surface area contributed by atoms with Crippen LogP contribution in [0.2, 0.25) is 0 Å². The SMILES string of the molecule is NCC(=O)c1ccc(CN(C(=O)N2CCS(=O)(=O)CC2)c2ccc(-c3ccccc3)cc2)cc1. The number of hydrogen-bond acceptors (Lipinski definition) is 5. The molecule has 3 aromatic rings. The number of urea groups is 1. The number of anilines is 1. The Morgan fingerprint density at radius 2 is 1.41 bits per heavy atom. The lowest BCUT2D eigenvalue weighted by atomic mass is 10.0. The molecule has 3 aromatic carbocycles. The molecule has 4 rings (SSSR count). The van der Waals surface area contributed by atoms with Crippen molar-refractivity contribution in [3.63, 3.8) is 0 Å². The zero-order chi connectivity index (χ0) is 24.1. The van der Waals surface area contributed by atoms with Crippen molar-refractivity contribution >= 4 is 27.3 Å². The van der Waals surface area contributed by atoms with Gasteiger partial charge in [0, 0.05) is 24.3 Å². The van der Waals surface area contributed by atoms with Crippen molar-refractivity contribution in [2.45, 2.75) is 6.54 Å². The number of carbonyl (C=O) groups is 2. The number of hydrogen-bond donors (Lipinski definition) is 1. The van der Waals surface area contributed by atoms with Gasteiger partial charge in [-0.15, -0.1) is 0 Å². The standard InChI is InChI=1S/C26H27N3O4S/c27-18-25(30)23-8-6-20(7-9-23)19-29(26(31)28-14-16-34(32,33)17-15-28)24-12-10-22(11-13-24)21-4-2-1-3-5-21/h1-13H,14-19,27H2. The first-order valence-corrected chi connectivity index (χ1v) is 12.9. The molecule has 7 nitrogen and oxygen atoms in total. The summed E-state index contributed by atoms with van der Waals surface area (Å²) in [5, 5.41) is 0. The minimum absolute atomic E-state index is 0.0323. The molecule has 0 spiro atoms. The van der Waals surface area contributed by atoms with E-state index in [0.29, 0.717) is 11.3 Å². The Morgan fingerprint density at radius 1 is 0.824 bits per heavy atom. The van der Waals surface area contributed by atoms with Crippen LogP contribution in [0.25, 0.3) is 11.1 Å². The maximum Gasteiger partial charge on any atom is 0.324 e. The van der Waals surface area contributed by atoms with E-state index in [1.807, 2.05) is 66.7 Å². The second-order valence-electron chi connectivity index (χ2n) is 8.24. The van der Waals surface area contributed by atoms with Gasteiger partial charge in [-0.3, -0.25) is 9.69 Å². The highest BCUT2D eigenvalue weighted by molar-refractivity contribution is 7.91. The Balaban J connectivity index is 1.61. The van der Waals surface area contributed by atoms with Crippen LogP contribution in [0.5, 0.6) is 0 Å². The molecular formula is C26H27N3O4S. The van der Waals surface area contributed by atoms with Crippen LogP contribution in [-0.4, -0.2) is 56.3 Å². The quantitative estimate of drug-likeness (QED) is 0.549. The van der Waals surface area contributed by atoms with E-state index >= 15 is 0 Å². The van der Waals surface area contributed by atoms with Crippen LogP contribution in [0, 0.1) is 0 Å². The average molecular weight is 478 g/mol. The number of ketones is 1. The van der Waals surface area contributed by atoms with Gasteiger partial charge in [-0.2, -0.15) is 0 Å². The third kappa shape index (κ3) is 5.52. The van der Waals surface area contributed by atoms with Gasteiger partial charge in [-0.1, -0.05) is 66.7 Å². The van der Waals surface area contributed by atoms with Crippen LogP contribution in [0.3, 0.4) is 0 Å². The zero-order valence-electron chi connectivity index (χ0n) is 18.8. The van der Waals surface area contributed by atoms with Crippen LogP contribution in [0.1, 0.15) is 15.9 Å². The van der Waals surface area contributed by atoms with Gasteiger partial charge < -0.3 is 10.6 Å². The highest BCUT2D eigenvalue weighted by Crippen LogP contribution is 2.25. The second kappa shape index (κ2) is 10.2. The molecule has 0 saturated carbocycles. The van der Waals surface area contributed by atoms with Crippen molar-refractivity contribution in [1.82, 2.24) is 4.90 Å². The van der Waals surface area contributed by atoms with Gasteiger partial charge in [0.1, 0.15) is 0 Å². The molecule has 0 atom stereocenters. The van der Waals surface area contributed by atoms with Crippen LogP contribution >= 0.6 is 0 Å². The first-order valence-electron chi connectivity index (χ1n) is 11.1. The molecule has 0 bridgehead atoms. The van der Waals surface area contributed by atoms with Crippen LogP contribution in [-0.2, 0) is 16.4 Å². The Bertz CT molecular complexity index is 1240. The van der Waals surface area contributed by atoms with Gasteiger partial charge >= 0.3 is 6.03 Å². The number of Topliss-reactive ketones (excluding diaryl/α,β-unsaturated/α-hetero) is 1. The first-order chi connectivity index (χ1) is 16.4. The van der Waals surface area contributed by atoms with Crippen molar-refractivity contribution in [2.75, 3.05) is 36.0 Å². The summed E-state index contributed by atoms with van der Waals surface area (Å²) in [5.74, 6) is -0.212. The van der Waals surface area contributed by atoms with E-state index in [1.165, 1.54) is 0 Å². The smallest absolute Gasteiger partial charge is 0.324 e. The second-order valence-corrected chi connectivity index (χ2v) is 10.5. The van der Waals surface area contributed by atoms with Gasteiger partial charge in [-0.05, 0) is 28.8 Å². The van der Waals surface area contributed by atoms with E-state index in [2.05, 4.69) is 0 Å². The number of nitrogens with two attached hydrogens (primary N) is 1. The Hall–Kier alpha value is -3.49. The third-order valence-corrected chi connectivity index (χ3v) is 7.54. The fraction of sp³-hybridized carbons (Fsp3) is 0.231. The molecule has 1 aliphatic rings. The molecule has 0 radical (unpaired) electrons. The average Bonchev–Trinajstić information content (AvgIpc) is 2.87. The van der Waals surface area contributed by atoms with Crippen LogP contribution in [0.4, 0.5) is 10.5 Å². The Labute approximate surface area is 199 Å². The molecule has 2 N–H and O–H groups in total. The van der Waals surface area contributed by atoms with Crippen molar-refractivity contribution in [1.29, 1.82) is 0 Å². The van der Waals surface area contributed by atoms with Crippen LogP contribution in [0.15, 0.2) is 78.9 Å². The van der Waals surface area contributed by atoms with Gasteiger partial charge in [0.15, 0.2) is 15.6 Å². The molecular weight excluding hydrogens is 450 g/mol. The number of carbonyl (C=O) groups excluding carboxylic acids is 2. The molecule has 2 amide bonds. The van der Waals surface area contributed by atoms with E-state index in [9.17, 15) is 18.0 Å². The van der Waals surface area contributed by atoms with E-state index in [1.54, 1.807) is 21.9 Å². The first kappa shape index (κ1) is 23.7. The molecule has 0 unspecified atom stereocenters. The number of nitrogens with zero attached hydrogens (tertiary/aromatic N) is 2. The molecule has 8 heteroatoms. The number of sulfone groups is 1. The minimum Gasteiger partial charge on any atom is -0.324 e. The summed E-state index contributed by atoms with van der Waals surface area (Å²) in [4.78, 5) is 28.5. The molecule has 0 aliphatic carbocycles.